The molecule has 17 nitrogen and oxygen atoms in total. The van der Waals surface area contributed by atoms with E-state index in [0.29, 0.717) is 44.1 Å². The van der Waals surface area contributed by atoms with Crippen LogP contribution in [0.2, 0.25) is 0 Å². The van der Waals surface area contributed by atoms with E-state index >= 15 is 0 Å². The van der Waals surface area contributed by atoms with Crippen LogP contribution in [0.3, 0.4) is 0 Å². The summed E-state index contributed by atoms with van der Waals surface area (Å²) in [5.74, 6) is -2.84. The lowest BCUT2D eigenvalue weighted by Gasteiger charge is -2.39. The van der Waals surface area contributed by atoms with Crippen LogP contribution < -0.4 is 0 Å². The number of cyclic esters (lactones) is 1. The minimum absolute atomic E-state index is 0.0513. The van der Waals surface area contributed by atoms with Crippen LogP contribution in [-0.4, -0.2) is 177 Å². The summed E-state index contributed by atoms with van der Waals surface area (Å²) >= 11 is 0. The molecule has 0 aliphatic carbocycles. The number of carbonyl (C=O) groups excluding carboxylic acids is 4. The number of aliphatic hydroxyl groups is 1. The number of nitrogens with zero attached hydrogens (tertiary/aromatic N) is 1. The molecule has 72 heavy (non-hydrogen) atoms. The SMILES string of the molecule is CO[C@@H]([C@@H](C)[C@@H]1OC(=O)/C=C/[C@H]2O[C@]2(C)C[C@@H](OC)[C@@H](OC)C2=CC(=O)O[C@@H]([C@H](C)[C@H](OC)C[C@@H](OC)/C=C/[C@H](C)[C@H](OC)C[C@@H](OC)/C=C/[C@@H]1C)[C@H]2O)[C@H](C)CCC(=O)[C@H](C)[C@H](C/C=C/N(C)C=O)OC. The molecular formula is C55H89NO16. The molecular weight excluding hydrogens is 931 g/mol. The molecule has 1 saturated heterocycles. The third-order valence-electron chi connectivity index (χ3n) is 15.2. The predicted octanol–water partition coefficient (Wildman–Crippen LogP) is 6.40. The van der Waals surface area contributed by atoms with E-state index in [1.165, 1.54) is 31.3 Å². The highest BCUT2D eigenvalue weighted by Crippen LogP contribution is 2.44. The first-order valence-corrected chi connectivity index (χ1v) is 25.3. The zero-order chi connectivity index (χ0) is 53.9. The number of Topliss-reactive ketones (excluding diaryl/α,β-unsaturated/α-hetero) is 1. The van der Waals surface area contributed by atoms with Gasteiger partial charge in [-0.2, -0.15) is 0 Å². The van der Waals surface area contributed by atoms with Gasteiger partial charge in [0.25, 0.3) is 0 Å². The van der Waals surface area contributed by atoms with Gasteiger partial charge in [-0.05, 0) is 31.8 Å². The van der Waals surface area contributed by atoms with Crippen molar-refractivity contribution < 1.29 is 76.4 Å². The largest absolute Gasteiger partial charge is 0.458 e. The van der Waals surface area contributed by atoms with Crippen LogP contribution in [-0.2, 0) is 71.3 Å². The van der Waals surface area contributed by atoms with Crippen LogP contribution in [0.1, 0.15) is 87.0 Å². The number of hydrogen-bond acceptors (Lipinski definition) is 16. The summed E-state index contributed by atoms with van der Waals surface area (Å²) in [6, 6.07) is 0. The van der Waals surface area contributed by atoms with Crippen LogP contribution in [0.25, 0.3) is 0 Å². The molecule has 2 bridgehead atoms. The van der Waals surface area contributed by atoms with Crippen molar-refractivity contribution in [2.75, 3.05) is 63.9 Å². The van der Waals surface area contributed by atoms with Crippen molar-refractivity contribution in [3.05, 3.63) is 60.4 Å². The number of epoxide rings is 1. The minimum atomic E-state index is -1.24. The summed E-state index contributed by atoms with van der Waals surface area (Å²) < 4.78 is 65.9. The van der Waals surface area contributed by atoms with E-state index in [2.05, 4.69) is 6.92 Å². The maximum absolute atomic E-state index is 13.9. The molecule has 0 spiro atoms. The van der Waals surface area contributed by atoms with Gasteiger partial charge in [-0.1, -0.05) is 71.9 Å². The number of hydrogen-bond donors (Lipinski definition) is 1. The van der Waals surface area contributed by atoms with Crippen LogP contribution in [0.5, 0.6) is 0 Å². The Balaban J connectivity index is 2.00. The smallest absolute Gasteiger partial charge is 0.331 e. The van der Waals surface area contributed by atoms with Gasteiger partial charge in [0, 0.05) is 143 Å². The van der Waals surface area contributed by atoms with E-state index in [9.17, 15) is 24.3 Å². The Bertz CT molecular complexity index is 1840. The van der Waals surface area contributed by atoms with E-state index in [-0.39, 0.29) is 60.1 Å². The van der Waals surface area contributed by atoms with Gasteiger partial charge in [0.2, 0.25) is 6.41 Å². The molecule has 1 amide bonds. The highest BCUT2D eigenvalue weighted by Gasteiger charge is 2.54. The Morgan fingerprint density at radius 2 is 1.42 bits per heavy atom. The van der Waals surface area contributed by atoms with Crippen LogP contribution in [0, 0.1) is 35.5 Å². The number of ether oxygens (including phenoxy) is 11. The van der Waals surface area contributed by atoms with Crippen LogP contribution in [0.15, 0.2) is 60.4 Å². The fourth-order valence-electron chi connectivity index (χ4n) is 10.3. The monoisotopic (exact) mass is 1020 g/mol. The van der Waals surface area contributed by atoms with Crippen molar-refractivity contribution in [1.82, 2.24) is 4.90 Å². The van der Waals surface area contributed by atoms with E-state index in [1.807, 2.05) is 71.9 Å². The van der Waals surface area contributed by atoms with Crippen LogP contribution in [0.4, 0.5) is 0 Å². The first-order valence-electron chi connectivity index (χ1n) is 25.3. The molecule has 3 aliphatic rings. The van der Waals surface area contributed by atoms with E-state index in [4.69, 9.17) is 52.1 Å². The Hall–Kier alpha value is -3.62. The molecule has 0 aromatic rings. The molecule has 17 heteroatoms. The van der Waals surface area contributed by atoms with Gasteiger partial charge in [0.15, 0.2) is 0 Å². The van der Waals surface area contributed by atoms with Gasteiger partial charge in [-0.15, -0.1) is 0 Å². The third kappa shape index (κ3) is 17.8. The lowest BCUT2D eigenvalue weighted by molar-refractivity contribution is -0.162. The number of methoxy groups -OCH3 is 8. The molecule has 0 aromatic heterocycles. The van der Waals surface area contributed by atoms with Crippen molar-refractivity contribution in [2.45, 2.75) is 166 Å². The Labute approximate surface area is 429 Å². The van der Waals surface area contributed by atoms with Gasteiger partial charge < -0.3 is 62.1 Å². The highest BCUT2D eigenvalue weighted by molar-refractivity contribution is 5.84. The zero-order valence-electron chi connectivity index (χ0n) is 45.9. The molecule has 410 valence electrons. The number of ketones is 1. The quantitative estimate of drug-likeness (QED) is 0.0608. The molecule has 0 saturated carbocycles. The van der Waals surface area contributed by atoms with Gasteiger partial charge in [-0.3, -0.25) is 9.59 Å². The summed E-state index contributed by atoms with van der Waals surface area (Å²) in [7, 11) is 14.4. The first-order chi connectivity index (χ1) is 34.2. The number of amides is 1. The van der Waals surface area contributed by atoms with Crippen molar-refractivity contribution in [1.29, 1.82) is 0 Å². The van der Waals surface area contributed by atoms with Crippen molar-refractivity contribution in [3.8, 4) is 0 Å². The standard InChI is InChI=1S/C55H89NO16/c1-33-19-22-40(63-10)29-45(66-13)37(5)53-50(61)41(30-49(60)71-53)54(69-16)46(67-14)31-55(7)47(72-55)25-26-48(59)70-52(35(3)20-23-39(62-9)28-44(33)65-12)38(6)51(68-15)34(2)21-24-42(58)36(4)43(64-11)18-17-27-56(8)32-57/h17,19-20,22-23,25-27,30,32-40,43-47,50-54,61H,18,21,24,28-29,31H2,1-16H3/b22-19+,23-20+,26-25+,27-17+/t33-,34+,35-,36-,37+,38+,39-,40-,43-,44+,45+,46+,47+,50-,51+,52+,53-,54-,55+/m0/s1. The average Bonchev–Trinajstić information content (AvgIpc) is 4.03. The normalized spacial score (nSPS) is 35.8. The van der Waals surface area contributed by atoms with E-state index in [1.54, 1.807) is 62.0 Å². The predicted molar refractivity (Wildman–Crippen MR) is 272 cm³/mol. The second-order valence-electron chi connectivity index (χ2n) is 20.1. The molecule has 3 heterocycles. The van der Waals surface area contributed by atoms with Gasteiger partial charge in [0.05, 0.1) is 48.3 Å². The topological polar surface area (TPSA) is 197 Å². The number of aliphatic hydroxyl groups excluding tert-OH is 1. The van der Waals surface area contributed by atoms with Crippen LogP contribution >= 0.6 is 0 Å². The number of fused-ring (bicyclic) bond motifs is 3. The molecule has 3 aliphatic heterocycles. The number of esters is 2. The molecule has 19 atom stereocenters. The number of rotatable bonds is 20. The summed E-state index contributed by atoms with van der Waals surface area (Å²) in [5.41, 5.74) is -0.479. The third-order valence-corrected chi connectivity index (χ3v) is 15.2. The zero-order valence-corrected chi connectivity index (χ0v) is 45.9. The van der Waals surface area contributed by atoms with Gasteiger partial charge >= 0.3 is 11.9 Å². The maximum atomic E-state index is 13.9. The molecule has 0 radical (unpaired) electrons. The minimum Gasteiger partial charge on any atom is -0.458 e. The van der Waals surface area contributed by atoms with E-state index < -0.39 is 78.4 Å². The summed E-state index contributed by atoms with van der Waals surface area (Å²) in [5, 5.41) is 11.9. The average molecular weight is 1020 g/mol. The fraction of sp³-hybridized carbons (Fsp3) is 0.745. The molecule has 3 rings (SSSR count). The highest BCUT2D eigenvalue weighted by atomic mass is 16.6. The lowest BCUT2D eigenvalue weighted by Crippen LogP contribution is -2.50. The van der Waals surface area contributed by atoms with Gasteiger partial charge in [-0.25, -0.2) is 9.59 Å². The summed E-state index contributed by atoms with van der Waals surface area (Å²) in [6.07, 6.45) is 11.8. The van der Waals surface area contributed by atoms with E-state index in [0.717, 1.165) is 0 Å². The Kier molecular flexibility index (Phi) is 26.7. The lowest BCUT2D eigenvalue weighted by atomic mass is 9.81. The summed E-state index contributed by atoms with van der Waals surface area (Å²) in [4.78, 5) is 53.1. The molecule has 1 N–H and O–H groups in total. The second-order valence-corrected chi connectivity index (χ2v) is 20.1. The number of carbonyl (C=O) groups is 4. The fourth-order valence-corrected chi connectivity index (χ4v) is 10.3. The van der Waals surface area contributed by atoms with Crippen molar-refractivity contribution >= 4 is 24.1 Å². The Morgan fingerprint density at radius 1 is 0.806 bits per heavy atom. The molecule has 0 unspecified atom stereocenters. The van der Waals surface area contributed by atoms with Gasteiger partial charge in [0.1, 0.15) is 36.3 Å². The summed E-state index contributed by atoms with van der Waals surface area (Å²) in [6.45, 7) is 13.7. The van der Waals surface area contributed by atoms with Crippen molar-refractivity contribution in [3.63, 3.8) is 0 Å². The Morgan fingerprint density at radius 3 is 1.97 bits per heavy atom. The molecule has 1 fully saturated rings. The van der Waals surface area contributed by atoms with Crippen molar-refractivity contribution in [2.24, 2.45) is 35.5 Å². The molecule has 0 aromatic carbocycles. The second kappa shape index (κ2) is 30.7. The first kappa shape index (κ1) is 62.7. The maximum Gasteiger partial charge on any atom is 0.331 e.